The molecule has 0 fully saturated rings. The van der Waals surface area contributed by atoms with E-state index in [-0.39, 0.29) is 23.9 Å². The number of ether oxygens (including phenoxy) is 2. The zero-order valence-electron chi connectivity index (χ0n) is 12.3. The maximum atomic E-state index is 12.3. The van der Waals surface area contributed by atoms with Gasteiger partial charge in [0.15, 0.2) is 5.76 Å². The highest BCUT2D eigenvalue weighted by atomic mass is 79.9. The van der Waals surface area contributed by atoms with Crippen molar-refractivity contribution < 1.29 is 19.1 Å². The number of rotatable bonds is 3. The number of hydrogen-bond acceptors (Lipinski definition) is 4. The van der Waals surface area contributed by atoms with Crippen LogP contribution in [0, 0.1) is 0 Å². The van der Waals surface area contributed by atoms with Gasteiger partial charge in [0.25, 0.3) is 0 Å². The first-order valence-electron chi connectivity index (χ1n) is 7.11. The van der Waals surface area contributed by atoms with Gasteiger partial charge in [-0.05, 0) is 35.9 Å². The van der Waals surface area contributed by atoms with Crippen molar-refractivity contribution in [2.24, 2.45) is 0 Å². The first-order chi connectivity index (χ1) is 11.1. The lowest BCUT2D eigenvalue weighted by atomic mass is 10.1. The van der Waals surface area contributed by atoms with Crippen molar-refractivity contribution in [2.45, 2.75) is 13.3 Å². The van der Waals surface area contributed by atoms with Gasteiger partial charge in [-0.3, -0.25) is 9.59 Å². The molecule has 0 saturated heterocycles. The Morgan fingerprint density at radius 1 is 1.22 bits per heavy atom. The molecule has 2 aromatic rings. The fourth-order valence-electron chi connectivity index (χ4n) is 2.14. The van der Waals surface area contributed by atoms with Gasteiger partial charge in [-0.25, -0.2) is 0 Å². The minimum atomic E-state index is -0.333. The number of esters is 1. The lowest BCUT2D eigenvalue weighted by Crippen LogP contribution is -2.05. The fourth-order valence-corrected chi connectivity index (χ4v) is 2.41. The molecule has 4 nitrogen and oxygen atoms in total. The molecule has 1 heterocycles. The van der Waals surface area contributed by atoms with Gasteiger partial charge in [-0.15, -0.1) is 0 Å². The average molecular weight is 373 g/mol. The van der Waals surface area contributed by atoms with E-state index in [0.717, 1.165) is 10.0 Å². The Morgan fingerprint density at radius 3 is 2.65 bits per heavy atom. The van der Waals surface area contributed by atoms with Crippen LogP contribution in [-0.4, -0.2) is 11.8 Å². The van der Waals surface area contributed by atoms with Gasteiger partial charge in [0.05, 0.1) is 5.56 Å². The van der Waals surface area contributed by atoms with Crippen LogP contribution in [0.1, 0.15) is 29.3 Å². The molecule has 2 aromatic carbocycles. The summed E-state index contributed by atoms with van der Waals surface area (Å²) in [4.78, 5) is 23.7. The molecule has 0 N–H and O–H groups in total. The molecule has 1 aliphatic rings. The monoisotopic (exact) mass is 372 g/mol. The molecule has 0 amide bonds. The Labute approximate surface area is 141 Å². The lowest BCUT2D eigenvalue weighted by Gasteiger charge is -2.04. The molecular formula is C18H13BrO4. The van der Waals surface area contributed by atoms with Crippen molar-refractivity contribution in [2.75, 3.05) is 0 Å². The molecule has 0 unspecified atom stereocenters. The zero-order valence-corrected chi connectivity index (χ0v) is 13.9. The molecule has 0 bridgehead atoms. The van der Waals surface area contributed by atoms with E-state index in [1.807, 2.05) is 24.3 Å². The summed E-state index contributed by atoms with van der Waals surface area (Å²) in [5, 5.41) is 0. The summed E-state index contributed by atoms with van der Waals surface area (Å²) in [7, 11) is 0. The molecule has 0 aromatic heterocycles. The molecule has 0 atom stereocenters. The molecule has 5 heteroatoms. The van der Waals surface area contributed by atoms with Crippen molar-refractivity contribution in [3.05, 3.63) is 63.8 Å². The molecule has 3 rings (SSSR count). The van der Waals surface area contributed by atoms with Crippen LogP contribution in [0.25, 0.3) is 6.08 Å². The topological polar surface area (TPSA) is 52.6 Å². The third-order valence-corrected chi connectivity index (χ3v) is 3.86. The summed E-state index contributed by atoms with van der Waals surface area (Å²) >= 11 is 3.37. The van der Waals surface area contributed by atoms with Crippen molar-refractivity contribution in [3.8, 4) is 11.5 Å². The molecule has 0 saturated carbocycles. The SMILES string of the molecule is CCC(=O)Oc1ccc2c(c1)OC(=Cc1ccc(Br)cc1)C2=O. The van der Waals surface area contributed by atoms with Crippen molar-refractivity contribution in [3.63, 3.8) is 0 Å². The van der Waals surface area contributed by atoms with E-state index in [0.29, 0.717) is 17.1 Å². The van der Waals surface area contributed by atoms with Gasteiger partial charge in [0, 0.05) is 17.0 Å². The summed E-state index contributed by atoms with van der Waals surface area (Å²) in [6.07, 6.45) is 1.97. The number of carbonyl (C=O) groups excluding carboxylic acids is 2. The minimum absolute atomic E-state index is 0.184. The Kier molecular flexibility index (Phi) is 4.30. The molecule has 116 valence electrons. The quantitative estimate of drug-likeness (QED) is 0.455. The van der Waals surface area contributed by atoms with Gasteiger partial charge in [-0.2, -0.15) is 0 Å². The highest BCUT2D eigenvalue weighted by molar-refractivity contribution is 9.10. The normalized spacial score (nSPS) is 14.5. The molecule has 0 aliphatic carbocycles. The third kappa shape index (κ3) is 3.35. The second-order valence-corrected chi connectivity index (χ2v) is 5.89. The number of carbonyl (C=O) groups is 2. The van der Waals surface area contributed by atoms with E-state index in [9.17, 15) is 9.59 Å². The summed E-state index contributed by atoms with van der Waals surface area (Å²) in [6.45, 7) is 1.72. The van der Waals surface area contributed by atoms with Crippen LogP contribution < -0.4 is 9.47 Å². The van der Waals surface area contributed by atoms with E-state index < -0.39 is 0 Å². The Morgan fingerprint density at radius 2 is 1.96 bits per heavy atom. The number of fused-ring (bicyclic) bond motifs is 1. The van der Waals surface area contributed by atoms with Crippen LogP contribution in [0.2, 0.25) is 0 Å². The summed E-state index contributed by atoms with van der Waals surface area (Å²) < 4.78 is 11.7. The second-order valence-electron chi connectivity index (χ2n) is 4.98. The van der Waals surface area contributed by atoms with E-state index >= 15 is 0 Å². The average Bonchev–Trinajstić information content (AvgIpc) is 2.85. The van der Waals surface area contributed by atoms with Crippen LogP contribution in [0.3, 0.4) is 0 Å². The van der Waals surface area contributed by atoms with E-state index in [2.05, 4.69) is 15.9 Å². The molecule has 1 aliphatic heterocycles. The van der Waals surface area contributed by atoms with Gasteiger partial charge >= 0.3 is 5.97 Å². The standard InChI is InChI=1S/C18H13BrO4/c1-2-17(20)22-13-7-8-14-15(10-13)23-16(18(14)21)9-11-3-5-12(19)6-4-11/h3-10H,2H2,1H3. The van der Waals surface area contributed by atoms with Crippen molar-refractivity contribution >= 4 is 33.8 Å². The van der Waals surface area contributed by atoms with Gasteiger partial charge < -0.3 is 9.47 Å². The maximum Gasteiger partial charge on any atom is 0.310 e. The zero-order chi connectivity index (χ0) is 16.4. The predicted molar refractivity (Wildman–Crippen MR) is 89.4 cm³/mol. The Bertz CT molecular complexity index is 806. The number of benzene rings is 2. The van der Waals surface area contributed by atoms with Crippen LogP contribution in [-0.2, 0) is 4.79 Å². The number of Topliss-reactive ketones (excluding diaryl/α,β-unsaturated/α-hetero) is 1. The highest BCUT2D eigenvalue weighted by Gasteiger charge is 2.27. The first-order valence-corrected chi connectivity index (χ1v) is 7.90. The number of ketones is 1. The number of allylic oxidation sites excluding steroid dienone is 1. The highest BCUT2D eigenvalue weighted by Crippen LogP contribution is 2.35. The first kappa shape index (κ1) is 15.5. The third-order valence-electron chi connectivity index (χ3n) is 3.33. The van der Waals surface area contributed by atoms with Crippen LogP contribution in [0.4, 0.5) is 0 Å². The van der Waals surface area contributed by atoms with Gasteiger partial charge in [0.2, 0.25) is 5.78 Å². The van der Waals surface area contributed by atoms with Crippen LogP contribution in [0.5, 0.6) is 11.5 Å². The molecule has 0 spiro atoms. The van der Waals surface area contributed by atoms with Crippen LogP contribution >= 0.6 is 15.9 Å². The molecular weight excluding hydrogens is 360 g/mol. The molecule has 0 radical (unpaired) electrons. The van der Waals surface area contributed by atoms with Gasteiger partial charge in [0.1, 0.15) is 11.5 Å². The largest absolute Gasteiger partial charge is 0.452 e. The second kappa shape index (κ2) is 6.38. The van der Waals surface area contributed by atoms with Gasteiger partial charge in [-0.1, -0.05) is 35.0 Å². The smallest absolute Gasteiger partial charge is 0.310 e. The summed E-state index contributed by atoms with van der Waals surface area (Å²) in [6, 6.07) is 12.3. The number of halogens is 1. The number of hydrogen-bond donors (Lipinski definition) is 0. The minimum Gasteiger partial charge on any atom is -0.452 e. The van der Waals surface area contributed by atoms with Crippen LogP contribution in [0.15, 0.2) is 52.7 Å². The summed E-state index contributed by atoms with van der Waals surface area (Å²) in [5.74, 6) is 0.505. The van der Waals surface area contributed by atoms with E-state index in [1.165, 1.54) is 0 Å². The maximum absolute atomic E-state index is 12.3. The summed E-state index contributed by atoms with van der Waals surface area (Å²) in [5.41, 5.74) is 1.33. The van der Waals surface area contributed by atoms with Crippen molar-refractivity contribution in [1.82, 2.24) is 0 Å². The lowest BCUT2D eigenvalue weighted by molar-refractivity contribution is -0.134. The predicted octanol–water partition coefficient (Wildman–Crippen LogP) is 4.38. The van der Waals surface area contributed by atoms with E-state index in [4.69, 9.17) is 9.47 Å². The Hall–Kier alpha value is -2.40. The van der Waals surface area contributed by atoms with Crippen molar-refractivity contribution in [1.29, 1.82) is 0 Å². The Balaban J connectivity index is 1.86. The fraction of sp³-hybridized carbons (Fsp3) is 0.111. The molecule has 23 heavy (non-hydrogen) atoms. The van der Waals surface area contributed by atoms with E-state index in [1.54, 1.807) is 31.2 Å².